The van der Waals surface area contributed by atoms with Crippen molar-refractivity contribution in [3.63, 3.8) is 0 Å². The minimum Gasteiger partial charge on any atom is -0.359 e. The molecule has 6 unspecified atom stereocenters. The van der Waals surface area contributed by atoms with Crippen molar-refractivity contribution in [3.8, 4) is 0 Å². The van der Waals surface area contributed by atoms with E-state index in [1.165, 1.54) is 86.1 Å². The van der Waals surface area contributed by atoms with Gasteiger partial charge in [-0.2, -0.15) is 0 Å². The van der Waals surface area contributed by atoms with Gasteiger partial charge in [0.2, 0.25) is 0 Å². The molecule has 176 valence electrons. The fourth-order valence-electron chi connectivity index (χ4n) is 9.00. The van der Waals surface area contributed by atoms with Crippen LogP contribution in [0.5, 0.6) is 0 Å². The lowest BCUT2D eigenvalue weighted by Gasteiger charge is -2.54. The smallest absolute Gasteiger partial charge is 0.0974 e. The van der Waals surface area contributed by atoms with Gasteiger partial charge in [-0.05, 0) is 116 Å². The molecule has 34 heavy (non-hydrogen) atoms. The molecule has 3 saturated carbocycles. The van der Waals surface area contributed by atoms with Gasteiger partial charge in [0.15, 0.2) is 0 Å². The normalized spacial score (nSPS) is 42.6. The van der Waals surface area contributed by atoms with Gasteiger partial charge >= 0.3 is 0 Å². The summed E-state index contributed by atoms with van der Waals surface area (Å²) in [7, 11) is 0. The first-order chi connectivity index (χ1) is 16.6. The highest BCUT2D eigenvalue weighted by atomic mass is 16.5. The van der Waals surface area contributed by atoms with Gasteiger partial charge in [0.25, 0.3) is 0 Å². The van der Waals surface area contributed by atoms with Crippen LogP contribution in [-0.4, -0.2) is 28.3 Å². The molecule has 1 N–H and O–H groups in total. The first-order valence-electron chi connectivity index (χ1n) is 13.8. The van der Waals surface area contributed by atoms with Crippen molar-refractivity contribution < 1.29 is 4.74 Å². The SMILES string of the molecule is CC12CC=C3C=C4CCC(NC5CC5)CC45CCC3(O5)C1CCC2c1ccc2ccncc2c1. The molecule has 2 aromatic rings. The van der Waals surface area contributed by atoms with Gasteiger partial charge < -0.3 is 10.1 Å². The molecule has 0 amide bonds. The Morgan fingerprint density at radius 3 is 2.85 bits per heavy atom. The average Bonchev–Trinajstić information content (AvgIpc) is 3.52. The monoisotopic (exact) mass is 452 g/mol. The van der Waals surface area contributed by atoms with E-state index in [0.29, 0.717) is 17.9 Å². The molecule has 4 fully saturated rings. The third-order valence-corrected chi connectivity index (χ3v) is 10.8. The van der Waals surface area contributed by atoms with Crippen LogP contribution in [0.4, 0.5) is 0 Å². The number of nitrogens with one attached hydrogen (secondary N) is 1. The van der Waals surface area contributed by atoms with Crippen LogP contribution in [0.15, 0.2) is 60.0 Å². The van der Waals surface area contributed by atoms with Crippen LogP contribution in [0.1, 0.15) is 82.6 Å². The highest BCUT2D eigenvalue weighted by Gasteiger charge is 2.66. The van der Waals surface area contributed by atoms with E-state index in [-0.39, 0.29) is 16.6 Å². The van der Waals surface area contributed by atoms with Crippen LogP contribution < -0.4 is 5.32 Å². The Morgan fingerprint density at radius 1 is 1.00 bits per heavy atom. The Morgan fingerprint density at radius 2 is 1.94 bits per heavy atom. The summed E-state index contributed by atoms with van der Waals surface area (Å²) in [6.07, 6.45) is 21.7. The summed E-state index contributed by atoms with van der Waals surface area (Å²) < 4.78 is 7.46. The Labute approximate surface area is 203 Å². The molecule has 2 bridgehead atoms. The largest absolute Gasteiger partial charge is 0.359 e. The van der Waals surface area contributed by atoms with Crippen molar-refractivity contribution >= 4 is 10.8 Å². The highest BCUT2D eigenvalue weighted by molar-refractivity contribution is 5.82. The maximum absolute atomic E-state index is 7.46. The molecule has 2 aliphatic heterocycles. The summed E-state index contributed by atoms with van der Waals surface area (Å²) >= 11 is 0. The minimum atomic E-state index is -0.0505. The number of fused-ring (bicyclic) bond motifs is 2. The van der Waals surface area contributed by atoms with Gasteiger partial charge in [-0.25, -0.2) is 0 Å². The molecule has 6 aliphatic rings. The van der Waals surface area contributed by atoms with Crippen LogP contribution in [0, 0.1) is 11.3 Å². The summed E-state index contributed by atoms with van der Waals surface area (Å²) in [6.45, 7) is 2.58. The Bertz CT molecular complexity index is 1240. The van der Waals surface area contributed by atoms with E-state index in [0.717, 1.165) is 6.04 Å². The van der Waals surface area contributed by atoms with Crippen LogP contribution >= 0.6 is 0 Å². The van der Waals surface area contributed by atoms with E-state index in [1.54, 1.807) is 5.57 Å². The third kappa shape index (κ3) is 2.69. The minimum absolute atomic E-state index is 0.00705. The van der Waals surface area contributed by atoms with Crippen molar-refractivity contribution in [2.75, 3.05) is 0 Å². The van der Waals surface area contributed by atoms with E-state index in [2.05, 4.69) is 53.6 Å². The number of hydrogen-bond acceptors (Lipinski definition) is 3. The van der Waals surface area contributed by atoms with E-state index >= 15 is 0 Å². The Balaban J connectivity index is 1.15. The summed E-state index contributed by atoms with van der Waals surface area (Å²) in [5, 5.41) is 6.51. The van der Waals surface area contributed by atoms with Crippen molar-refractivity contribution in [2.24, 2.45) is 11.3 Å². The average molecular weight is 453 g/mol. The number of nitrogens with zero attached hydrogens (tertiary/aromatic N) is 1. The summed E-state index contributed by atoms with van der Waals surface area (Å²) in [6, 6.07) is 10.7. The predicted molar refractivity (Wildman–Crippen MR) is 136 cm³/mol. The molecule has 3 nitrogen and oxygen atoms in total. The van der Waals surface area contributed by atoms with Gasteiger partial charge in [0.05, 0.1) is 11.2 Å². The van der Waals surface area contributed by atoms with Gasteiger partial charge in [0.1, 0.15) is 0 Å². The zero-order valence-electron chi connectivity index (χ0n) is 20.4. The second kappa shape index (κ2) is 6.83. The molecule has 3 heteroatoms. The molecule has 1 aromatic heterocycles. The second-order valence-electron chi connectivity index (χ2n) is 12.6. The van der Waals surface area contributed by atoms with Crippen LogP contribution in [0.3, 0.4) is 0 Å². The molecular weight excluding hydrogens is 416 g/mol. The number of pyridine rings is 1. The zero-order chi connectivity index (χ0) is 22.5. The van der Waals surface area contributed by atoms with Crippen molar-refractivity contribution in [3.05, 3.63) is 65.5 Å². The standard InChI is InChI=1S/C31H36N2O/c1-29-12-10-24-17-23-4-5-26(33-25-6-7-25)18-30(23)13-14-31(24,34-30)28(29)9-8-27(29)21-3-2-20-11-15-32-19-22(20)16-21/h2-3,10-11,15-17,19,25-28,33H,4-9,12-14,18H2,1H3. The van der Waals surface area contributed by atoms with E-state index < -0.39 is 0 Å². The van der Waals surface area contributed by atoms with Crippen LogP contribution in [-0.2, 0) is 4.74 Å². The summed E-state index contributed by atoms with van der Waals surface area (Å²) in [4.78, 5) is 4.39. The quantitative estimate of drug-likeness (QED) is 0.570. The van der Waals surface area contributed by atoms with Gasteiger partial charge in [-0.3, -0.25) is 4.98 Å². The first kappa shape index (κ1) is 20.2. The molecule has 3 heterocycles. The van der Waals surface area contributed by atoms with Crippen LogP contribution in [0.25, 0.3) is 10.8 Å². The predicted octanol–water partition coefficient (Wildman–Crippen LogP) is 6.60. The molecule has 6 atom stereocenters. The number of allylic oxidation sites excluding steroid dienone is 1. The number of ether oxygens (including phenoxy) is 1. The van der Waals surface area contributed by atoms with Crippen molar-refractivity contribution in [1.29, 1.82) is 0 Å². The molecule has 4 aliphatic carbocycles. The first-order valence-corrected chi connectivity index (χ1v) is 13.8. The van der Waals surface area contributed by atoms with E-state index in [1.807, 2.05) is 12.4 Å². The van der Waals surface area contributed by atoms with Crippen molar-refractivity contribution in [2.45, 2.75) is 100 Å². The molecular formula is C31H36N2O. The topological polar surface area (TPSA) is 34.1 Å². The van der Waals surface area contributed by atoms with Gasteiger partial charge in [0, 0.05) is 29.9 Å². The Kier molecular flexibility index (Phi) is 4.06. The fraction of sp³-hybridized carbons (Fsp3) is 0.581. The summed E-state index contributed by atoms with van der Waals surface area (Å²) in [5.41, 5.74) is 4.87. The lowest BCUT2D eigenvalue weighted by molar-refractivity contribution is -0.136. The molecule has 8 rings (SSSR count). The van der Waals surface area contributed by atoms with Gasteiger partial charge in [-0.15, -0.1) is 0 Å². The second-order valence-corrected chi connectivity index (χ2v) is 12.6. The molecule has 1 saturated heterocycles. The van der Waals surface area contributed by atoms with E-state index in [4.69, 9.17) is 4.74 Å². The number of rotatable bonds is 3. The molecule has 0 radical (unpaired) electrons. The molecule has 2 spiro atoms. The maximum Gasteiger partial charge on any atom is 0.0974 e. The number of aromatic nitrogens is 1. The number of benzene rings is 1. The Hall–Kier alpha value is -1.97. The third-order valence-electron chi connectivity index (χ3n) is 10.8. The lowest BCUT2D eigenvalue weighted by Crippen LogP contribution is -2.55. The summed E-state index contributed by atoms with van der Waals surface area (Å²) in [5.74, 6) is 1.21. The van der Waals surface area contributed by atoms with Crippen LogP contribution in [0.2, 0.25) is 0 Å². The fourth-order valence-corrected chi connectivity index (χ4v) is 9.00. The van der Waals surface area contributed by atoms with Crippen molar-refractivity contribution in [1.82, 2.24) is 10.3 Å². The van der Waals surface area contributed by atoms with Gasteiger partial charge in [-0.1, -0.05) is 31.2 Å². The maximum atomic E-state index is 7.46. The zero-order valence-corrected chi connectivity index (χ0v) is 20.4. The number of hydrogen-bond donors (Lipinski definition) is 1. The van der Waals surface area contributed by atoms with E-state index in [9.17, 15) is 0 Å². The molecule has 1 aromatic carbocycles. The highest BCUT2D eigenvalue weighted by Crippen LogP contribution is 2.69. The lowest BCUT2D eigenvalue weighted by atomic mass is 9.58.